The smallest absolute Gasteiger partial charge is 0.170 e. The first-order valence-corrected chi connectivity index (χ1v) is 11.3. The normalized spacial score (nSPS) is 17.5. The van der Waals surface area contributed by atoms with Gasteiger partial charge in [-0.15, -0.1) is 0 Å². The minimum atomic E-state index is -0.436. The van der Waals surface area contributed by atoms with Gasteiger partial charge < -0.3 is 19.7 Å². The highest BCUT2D eigenvalue weighted by Crippen LogP contribution is 2.59. The molecule has 2 aliphatic carbocycles. The molecule has 3 aromatic carbocycles. The van der Waals surface area contributed by atoms with Crippen LogP contribution in [0, 0.1) is 18.1 Å². The maximum absolute atomic E-state index is 9.09. The summed E-state index contributed by atoms with van der Waals surface area (Å²) in [6, 6.07) is 27.3. The lowest BCUT2D eigenvalue weighted by atomic mass is 9.63. The maximum Gasteiger partial charge on any atom is 0.170 e. The van der Waals surface area contributed by atoms with Crippen molar-refractivity contribution in [3.8, 4) is 11.5 Å². The molecule has 4 nitrogen and oxygen atoms in total. The summed E-state index contributed by atoms with van der Waals surface area (Å²) < 4.78 is 11.2. The van der Waals surface area contributed by atoms with Crippen molar-refractivity contribution in [2.45, 2.75) is 11.8 Å². The van der Waals surface area contributed by atoms with Crippen molar-refractivity contribution in [2.24, 2.45) is 5.92 Å². The van der Waals surface area contributed by atoms with Crippen LogP contribution in [0.4, 0.5) is 0 Å². The minimum Gasteiger partial charge on any atom is -0.491 e. The molecule has 5 rings (SSSR count). The van der Waals surface area contributed by atoms with Crippen LogP contribution in [-0.4, -0.2) is 36.6 Å². The molecular weight excluding hydrogens is 412 g/mol. The number of allylic oxidation sites excluding steroid dienone is 4. The Morgan fingerprint density at radius 2 is 1.67 bits per heavy atom. The molecule has 0 heterocycles. The Hall–Kier alpha value is -3.52. The fraction of sp³-hybridized carbons (Fsp3) is 0.241. The molecular formula is C29H26O4. The van der Waals surface area contributed by atoms with E-state index in [-0.39, 0.29) is 32.3 Å². The number of rotatable bonds is 8. The maximum atomic E-state index is 9.09. The Bertz CT molecular complexity index is 1110. The summed E-state index contributed by atoms with van der Waals surface area (Å²) in [5.41, 5.74) is 5.60. The van der Waals surface area contributed by atoms with Crippen LogP contribution in [-0.2, 0) is 5.41 Å². The average molecular weight is 439 g/mol. The van der Waals surface area contributed by atoms with E-state index in [2.05, 4.69) is 72.8 Å². The summed E-state index contributed by atoms with van der Waals surface area (Å²) in [4.78, 5) is 0. The van der Waals surface area contributed by atoms with Crippen LogP contribution in [0.1, 0.15) is 28.7 Å². The van der Waals surface area contributed by atoms with Crippen LogP contribution in [0.2, 0.25) is 0 Å². The molecule has 33 heavy (non-hydrogen) atoms. The number of hydrogen-bond donors (Lipinski definition) is 2. The Balaban J connectivity index is 1.68. The molecule has 0 spiro atoms. The number of ether oxygens (including phenoxy) is 2. The van der Waals surface area contributed by atoms with Crippen LogP contribution in [0.15, 0.2) is 78.9 Å². The molecule has 2 atom stereocenters. The van der Waals surface area contributed by atoms with Crippen LogP contribution >= 0.6 is 0 Å². The van der Waals surface area contributed by atoms with Crippen LogP contribution in [0.5, 0.6) is 11.5 Å². The monoisotopic (exact) mass is 438 g/mol. The van der Waals surface area contributed by atoms with Gasteiger partial charge in [-0.25, -0.2) is 0 Å². The summed E-state index contributed by atoms with van der Waals surface area (Å²) in [7, 11) is 0. The summed E-state index contributed by atoms with van der Waals surface area (Å²) in [6.45, 7) is 0.441. The van der Waals surface area contributed by atoms with Crippen molar-refractivity contribution in [3.63, 3.8) is 0 Å². The third-order valence-corrected chi connectivity index (χ3v) is 6.51. The molecule has 0 bridgehead atoms. The standard InChI is InChI=1S/C29H26O4/c30-17-19-32-23-13-9-21(10-14-23)29(22-11-15-24(16-12-22)33-20-18-31)27-7-3-1-5-25(27)26-6-2-4-8-28(26)29/h1-7,9-11,13-15,28,30-31H,8,17-20H2. The van der Waals surface area contributed by atoms with Crippen molar-refractivity contribution in [1.82, 2.24) is 0 Å². The van der Waals surface area contributed by atoms with E-state index in [9.17, 15) is 0 Å². The predicted octanol–water partition coefficient (Wildman–Crippen LogP) is 4.34. The van der Waals surface area contributed by atoms with Gasteiger partial charge in [-0.3, -0.25) is 0 Å². The molecule has 0 radical (unpaired) electrons. The molecule has 0 saturated carbocycles. The highest BCUT2D eigenvalue weighted by molar-refractivity contribution is 5.83. The van der Waals surface area contributed by atoms with Crippen molar-refractivity contribution in [1.29, 1.82) is 0 Å². The van der Waals surface area contributed by atoms with E-state index in [1.54, 1.807) is 0 Å². The highest BCUT2D eigenvalue weighted by atomic mass is 16.5. The Morgan fingerprint density at radius 1 is 0.879 bits per heavy atom. The number of aliphatic hydroxyl groups excluding tert-OH is 2. The van der Waals surface area contributed by atoms with Gasteiger partial charge in [-0.2, -0.15) is 0 Å². The quantitative estimate of drug-likeness (QED) is 0.550. The first-order valence-electron chi connectivity index (χ1n) is 11.3. The molecule has 0 saturated heterocycles. The SMILES string of the molecule is OCCOc1c#cc(C2(c3ccc(OCCO)cc3)c3ccccc3C3=CC=CCC32)cc1. The number of benzene rings is 2. The van der Waals surface area contributed by atoms with E-state index in [1.165, 1.54) is 16.7 Å². The number of aliphatic hydroxyl groups is 2. The van der Waals surface area contributed by atoms with Gasteiger partial charge >= 0.3 is 0 Å². The Morgan fingerprint density at radius 3 is 2.42 bits per heavy atom. The van der Waals surface area contributed by atoms with Gasteiger partial charge in [0.05, 0.1) is 18.6 Å². The summed E-state index contributed by atoms with van der Waals surface area (Å²) >= 11 is 0. The molecule has 166 valence electrons. The molecule has 4 heteroatoms. The van der Waals surface area contributed by atoms with Crippen molar-refractivity contribution in [3.05, 3.63) is 113 Å². The van der Waals surface area contributed by atoms with Crippen LogP contribution < -0.4 is 9.47 Å². The zero-order valence-electron chi connectivity index (χ0n) is 18.3. The summed E-state index contributed by atoms with van der Waals surface area (Å²) in [6.07, 6.45) is 7.53. The zero-order valence-corrected chi connectivity index (χ0v) is 18.3. The van der Waals surface area contributed by atoms with Gasteiger partial charge in [0.1, 0.15) is 19.0 Å². The molecule has 0 aliphatic heterocycles. The highest BCUT2D eigenvalue weighted by Gasteiger charge is 2.51. The Labute approximate surface area is 194 Å². The van der Waals surface area contributed by atoms with E-state index in [4.69, 9.17) is 19.7 Å². The number of fused-ring (bicyclic) bond motifs is 3. The third kappa shape index (κ3) is 3.60. The molecule has 0 fully saturated rings. The molecule has 0 aromatic heterocycles. The fourth-order valence-electron chi connectivity index (χ4n) is 5.25. The first kappa shape index (κ1) is 21.3. The van der Waals surface area contributed by atoms with Crippen LogP contribution in [0.25, 0.3) is 5.57 Å². The predicted molar refractivity (Wildman–Crippen MR) is 127 cm³/mol. The summed E-state index contributed by atoms with van der Waals surface area (Å²) in [5.74, 6) is 1.52. The molecule has 0 amide bonds. The lowest BCUT2D eigenvalue weighted by Crippen LogP contribution is -2.34. The topological polar surface area (TPSA) is 58.9 Å². The van der Waals surface area contributed by atoms with E-state index in [1.807, 2.05) is 18.2 Å². The van der Waals surface area contributed by atoms with Crippen molar-refractivity contribution >= 4 is 5.57 Å². The third-order valence-electron chi connectivity index (χ3n) is 6.51. The van der Waals surface area contributed by atoms with Crippen molar-refractivity contribution < 1.29 is 19.7 Å². The zero-order chi connectivity index (χ0) is 22.7. The lowest BCUT2D eigenvalue weighted by Gasteiger charge is -2.37. The van der Waals surface area contributed by atoms with E-state index in [0.717, 1.165) is 23.3 Å². The van der Waals surface area contributed by atoms with Gasteiger partial charge in [0.25, 0.3) is 0 Å². The van der Waals surface area contributed by atoms with Gasteiger partial charge in [0.15, 0.2) is 5.75 Å². The second-order valence-corrected chi connectivity index (χ2v) is 8.22. The lowest BCUT2D eigenvalue weighted by molar-refractivity contribution is 0.201. The molecule has 2 unspecified atom stereocenters. The minimum absolute atomic E-state index is 0.0167. The molecule has 2 aliphatic rings. The molecule has 2 N–H and O–H groups in total. The van der Waals surface area contributed by atoms with Crippen molar-refractivity contribution in [2.75, 3.05) is 26.4 Å². The van der Waals surface area contributed by atoms with E-state index in [0.29, 0.717) is 5.75 Å². The van der Waals surface area contributed by atoms with E-state index >= 15 is 0 Å². The fourth-order valence-corrected chi connectivity index (χ4v) is 5.25. The van der Waals surface area contributed by atoms with E-state index < -0.39 is 5.41 Å². The largest absolute Gasteiger partial charge is 0.491 e. The van der Waals surface area contributed by atoms with Crippen LogP contribution in [0.3, 0.4) is 0 Å². The molecule has 3 aromatic rings. The van der Waals surface area contributed by atoms with Gasteiger partial charge in [-0.1, -0.05) is 60.7 Å². The Kier molecular flexibility index (Phi) is 5.92. The summed E-state index contributed by atoms with van der Waals surface area (Å²) in [5, 5.41) is 18.2. The average Bonchev–Trinajstić information content (AvgIpc) is 3.18. The van der Waals surface area contributed by atoms with Gasteiger partial charge in [-0.05, 0) is 59.0 Å². The first-order chi connectivity index (χ1) is 16.3. The second kappa shape index (κ2) is 9.15. The second-order valence-electron chi connectivity index (χ2n) is 8.22. The van der Waals surface area contributed by atoms with Gasteiger partial charge in [0, 0.05) is 11.5 Å². The number of hydrogen-bond acceptors (Lipinski definition) is 4. The van der Waals surface area contributed by atoms with Gasteiger partial charge in [0.2, 0.25) is 0 Å².